The second-order valence-electron chi connectivity index (χ2n) is 4.51. The third kappa shape index (κ3) is 3.53. The predicted octanol–water partition coefficient (Wildman–Crippen LogP) is 2.81. The van der Waals surface area contributed by atoms with Gasteiger partial charge in [-0.3, -0.25) is 0 Å². The Morgan fingerprint density at radius 2 is 2.00 bits per heavy atom. The molecule has 0 aliphatic rings. The molecule has 0 aliphatic heterocycles. The third-order valence-corrected chi connectivity index (χ3v) is 3.31. The van der Waals surface area contributed by atoms with Crippen LogP contribution in [0.5, 0.6) is 0 Å². The highest BCUT2D eigenvalue weighted by atomic mass is 15.1. The minimum atomic E-state index is 0.659. The Balaban J connectivity index is 2.52. The van der Waals surface area contributed by atoms with E-state index in [1.807, 2.05) is 0 Å². The first kappa shape index (κ1) is 13.0. The molecule has 1 rings (SSSR count). The van der Waals surface area contributed by atoms with Crippen molar-refractivity contribution in [2.24, 2.45) is 11.7 Å². The van der Waals surface area contributed by atoms with E-state index in [2.05, 4.69) is 50.1 Å². The molecule has 16 heavy (non-hydrogen) atoms. The van der Waals surface area contributed by atoms with Gasteiger partial charge in [-0.2, -0.15) is 0 Å². The largest absolute Gasteiger partial charge is 0.374 e. The summed E-state index contributed by atoms with van der Waals surface area (Å²) in [5.41, 5.74) is 8.39. The van der Waals surface area contributed by atoms with Gasteiger partial charge in [0, 0.05) is 19.3 Å². The Hall–Kier alpha value is -1.02. The molecule has 0 aliphatic carbocycles. The molecule has 0 amide bonds. The predicted molar refractivity (Wildman–Crippen MR) is 71.9 cm³/mol. The summed E-state index contributed by atoms with van der Waals surface area (Å²) in [5.74, 6) is 0.659. The standard InChI is InChI=1S/C14H24N2/c1-4-13(11-15)9-10-16(3)14-8-6-5-7-12(14)2/h5-8,13H,4,9-11,15H2,1-3H3. The molecule has 2 heteroatoms. The molecule has 0 radical (unpaired) electrons. The van der Waals surface area contributed by atoms with Gasteiger partial charge in [0.05, 0.1) is 0 Å². The molecular weight excluding hydrogens is 196 g/mol. The van der Waals surface area contributed by atoms with Crippen LogP contribution in [-0.2, 0) is 0 Å². The highest BCUT2D eigenvalue weighted by Gasteiger charge is 2.07. The van der Waals surface area contributed by atoms with E-state index in [-0.39, 0.29) is 0 Å². The molecule has 1 aromatic rings. The van der Waals surface area contributed by atoms with Crippen molar-refractivity contribution >= 4 is 5.69 Å². The number of rotatable bonds is 6. The van der Waals surface area contributed by atoms with Gasteiger partial charge in [-0.15, -0.1) is 0 Å². The molecule has 1 aromatic carbocycles. The van der Waals surface area contributed by atoms with Gasteiger partial charge < -0.3 is 10.6 Å². The number of hydrogen-bond acceptors (Lipinski definition) is 2. The van der Waals surface area contributed by atoms with Crippen LogP contribution in [0.25, 0.3) is 0 Å². The van der Waals surface area contributed by atoms with Crippen molar-refractivity contribution in [2.45, 2.75) is 26.7 Å². The molecule has 0 fully saturated rings. The van der Waals surface area contributed by atoms with E-state index in [1.165, 1.54) is 24.1 Å². The van der Waals surface area contributed by atoms with Gasteiger partial charge in [-0.05, 0) is 37.4 Å². The lowest BCUT2D eigenvalue weighted by molar-refractivity contribution is 0.483. The molecule has 0 saturated carbocycles. The van der Waals surface area contributed by atoms with E-state index in [0.717, 1.165) is 13.1 Å². The number of nitrogens with two attached hydrogens (primary N) is 1. The highest BCUT2D eigenvalue weighted by Crippen LogP contribution is 2.19. The van der Waals surface area contributed by atoms with Crippen molar-refractivity contribution in [3.63, 3.8) is 0 Å². The summed E-state index contributed by atoms with van der Waals surface area (Å²) >= 11 is 0. The fraction of sp³-hybridized carbons (Fsp3) is 0.571. The molecule has 90 valence electrons. The van der Waals surface area contributed by atoms with E-state index < -0.39 is 0 Å². The first-order valence-corrected chi connectivity index (χ1v) is 6.15. The normalized spacial score (nSPS) is 12.5. The maximum absolute atomic E-state index is 5.72. The van der Waals surface area contributed by atoms with Gasteiger partial charge in [-0.1, -0.05) is 31.5 Å². The lowest BCUT2D eigenvalue weighted by Crippen LogP contribution is -2.24. The minimum absolute atomic E-state index is 0.659. The van der Waals surface area contributed by atoms with Gasteiger partial charge in [0.15, 0.2) is 0 Å². The van der Waals surface area contributed by atoms with Crippen LogP contribution in [0.15, 0.2) is 24.3 Å². The van der Waals surface area contributed by atoms with Crippen LogP contribution in [-0.4, -0.2) is 20.1 Å². The number of benzene rings is 1. The first-order valence-electron chi connectivity index (χ1n) is 6.15. The quantitative estimate of drug-likeness (QED) is 0.798. The second kappa shape index (κ2) is 6.54. The van der Waals surface area contributed by atoms with Crippen LogP contribution >= 0.6 is 0 Å². The number of nitrogens with zero attached hydrogens (tertiary/aromatic N) is 1. The monoisotopic (exact) mass is 220 g/mol. The second-order valence-corrected chi connectivity index (χ2v) is 4.51. The summed E-state index contributed by atoms with van der Waals surface area (Å²) in [6.45, 7) is 6.26. The third-order valence-electron chi connectivity index (χ3n) is 3.31. The van der Waals surface area contributed by atoms with Gasteiger partial charge in [0.1, 0.15) is 0 Å². The Bertz CT molecular complexity index is 305. The van der Waals surface area contributed by atoms with E-state index in [1.54, 1.807) is 0 Å². The topological polar surface area (TPSA) is 29.3 Å². The Kier molecular flexibility index (Phi) is 5.33. The van der Waals surface area contributed by atoms with Crippen LogP contribution in [0.4, 0.5) is 5.69 Å². The van der Waals surface area contributed by atoms with E-state index in [9.17, 15) is 0 Å². The molecule has 0 heterocycles. The van der Waals surface area contributed by atoms with Crippen molar-refractivity contribution in [3.8, 4) is 0 Å². The van der Waals surface area contributed by atoms with Gasteiger partial charge in [0.2, 0.25) is 0 Å². The lowest BCUT2D eigenvalue weighted by Gasteiger charge is -2.23. The minimum Gasteiger partial charge on any atom is -0.374 e. The van der Waals surface area contributed by atoms with Crippen molar-refractivity contribution in [2.75, 3.05) is 25.0 Å². The summed E-state index contributed by atoms with van der Waals surface area (Å²) in [7, 11) is 2.16. The maximum Gasteiger partial charge on any atom is 0.0393 e. The Morgan fingerprint density at radius 1 is 1.31 bits per heavy atom. The van der Waals surface area contributed by atoms with Crippen LogP contribution in [0.2, 0.25) is 0 Å². The summed E-state index contributed by atoms with van der Waals surface area (Å²) in [6.07, 6.45) is 2.36. The van der Waals surface area contributed by atoms with Crippen molar-refractivity contribution in [1.82, 2.24) is 0 Å². The van der Waals surface area contributed by atoms with Crippen molar-refractivity contribution in [1.29, 1.82) is 0 Å². The molecule has 2 nitrogen and oxygen atoms in total. The molecule has 2 N–H and O–H groups in total. The molecule has 0 aromatic heterocycles. The molecular formula is C14H24N2. The maximum atomic E-state index is 5.72. The molecule has 1 unspecified atom stereocenters. The van der Waals surface area contributed by atoms with Gasteiger partial charge in [0.25, 0.3) is 0 Å². The van der Waals surface area contributed by atoms with Crippen LogP contribution in [0.3, 0.4) is 0 Å². The zero-order chi connectivity index (χ0) is 12.0. The lowest BCUT2D eigenvalue weighted by atomic mass is 10.0. The zero-order valence-electron chi connectivity index (χ0n) is 10.7. The average molecular weight is 220 g/mol. The number of para-hydroxylation sites is 1. The molecule has 1 atom stereocenters. The van der Waals surface area contributed by atoms with Gasteiger partial charge in [-0.25, -0.2) is 0 Å². The summed E-state index contributed by atoms with van der Waals surface area (Å²) < 4.78 is 0. The molecule has 0 saturated heterocycles. The first-order chi connectivity index (χ1) is 7.69. The SMILES string of the molecule is CCC(CN)CCN(C)c1ccccc1C. The van der Waals surface area contributed by atoms with Gasteiger partial charge >= 0.3 is 0 Å². The molecule has 0 bridgehead atoms. The van der Waals surface area contributed by atoms with Crippen LogP contribution in [0.1, 0.15) is 25.3 Å². The average Bonchev–Trinajstić information content (AvgIpc) is 2.30. The number of hydrogen-bond donors (Lipinski definition) is 1. The van der Waals surface area contributed by atoms with Crippen molar-refractivity contribution in [3.05, 3.63) is 29.8 Å². The highest BCUT2D eigenvalue weighted by molar-refractivity contribution is 5.52. The zero-order valence-corrected chi connectivity index (χ0v) is 10.7. The van der Waals surface area contributed by atoms with Crippen LogP contribution in [0, 0.1) is 12.8 Å². The van der Waals surface area contributed by atoms with E-state index >= 15 is 0 Å². The smallest absolute Gasteiger partial charge is 0.0393 e. The number of anilines is 1. The molecule has 0 spiro atoms. The summed E-state index contributed by atoms with van der Waals surface area (Å²) in [6, 6.07) is 8.52. The number of aryl methyl sites for hydroxylation is 1. The fourth-order valence-electron chi connectivity index (χ4n) is 1.98. The van der Waals surface area contributed by atoms with Crippen molar-refractivity contribution < 1.29 is 0 Å². The van der Waals surface area contributed by atoms with Crippen LogP contribution < -0.4 is 10.6 Å². The Labute approximate surface area is 99.5 Å². The van der Waals surface area contributed by atoms with E-state index in [0.29, 0.717) is 5.92 Å². The fourth-order valence-corrected chi connectivity index (χ4v) is 1.98. The Morgan fingerprint density at radius 3 is 2.56 bits per heavy atom. The van der Waals surface area contributed by atoms with E-state index in [4.69, 9.17) is 5.73 Å². The summed E-state index contributed by atoms with van der Waals surface area (Å²) in [4.78, 5) is 2.33. The summed E-state index contributed by atoms with van der Waals surface area (Å²) in [5, 5.41) is 0.